The maximum Gasteiger partial charge on any atom is 0.407 e. The number of amides is 1. The van der Waals surface area contributed by atoms with E-state index in [0.717, 1.165) is 6.20 Å². The first kappa shape index (κ1) is 32.4. The Kier molecular flexibility index (Phi) is 8.84. The summed E-state index contributed by atoms with van der Waals surface area (Å²) in [7, 11) is -7.55. The van der Waals surface area contributed by atoms with Gasteiger partial charge in [0.05, 0.1) is 33.9 Å². The molecular weight excluding hydrogens is 645 g/mol. The van der Waals surface area contributed by atoms with Gasteiger partial charge in [-0.25, -0.2) is 26.0 Å². The van der Waals surface area contributed by atoms with Gasteiger partial charge in [0.2, 0.25) is 15.5 Å². The van der Waals surface area contributed by atoms with Gasteiger partial charge in [0.15, 0.2) is 9.84 Å². The second-order valence-corrected chi connectivity index (χ2v) is 16.0. The number of carbonyl (C=O) groups excluding carboxylic acids is 1. The van der Waals surface area contributed by atoms with Gasteiger partial charge in [0.25, 0.3) is 0 Å². The van der Waals surface area contributed by atoms with Gasteiger partial charge in [-0.15, -0.1) is 0 Å². The van der Waals surface area contributed by atoms with Crippen molar-refractivity contribution in [3.8, 4) is 5.75 Å². The standard InChI is InChI=1S/C30H34FN3O10S2/c31-25-6-2-5-24-27(25)32-15-26(28(24)36)46(40,41)34-11-9-30(10-12-34)14-19(16-44-30)33-29(37)43-18-20(35)17-42-21-3-1-4-23(13-21)45(38,39)22-7-8-22/h1-6,13,15,19-20,22,35H,7-12,14,16-18H2,(H,32,36)(H,33,37)/t19-,20?/m1/s1. The van der Waals surface area contributed by atoms with E-state index >= 15 is 0 Å². The number of fused-ring (bicyclic) bond motifs is 1. The third-order valence-corrected chi connectivity index (χ3v) is 12.7. The van der Waals surface area contributed by atoms with Crippen LogP contribution in [0.3, 0.4) is 0 Å². The largest absolute Gasteiger partial charge is 0.491 e. The lowest BCUT2D eigenvalue weighted by atomic mass is 9.88. The summed E-state index contributed by atoms with van der Waals surface area (Å²) in [6, 6.07) is 9.54. The molecule has 1 aromatic heterocycles. The summed E-state index contributed by atoms with van der Waals surface area (Å²) in [6.07, 6.45) is 1.45. The van der Waals surface area contributed by atoms with Crippen molar-refractivity contribution in [2.45, 2.75) is 64.9 Å². The minimum Gasteiger partial charge on any atom is -0.491 e. The van der Waals surface area contributed by atoms with E-state index < -0.39 is 59.8 Å². The van der Waals surface area contributed by atoms with Gasteiger partial charge in [0, 0.05) is 24.7 Å². The predicted molar refractivity (Wildman–Crippen MR) is 162 cm³/mol. The Morgan fingerprint density at radius 1 is 1.13 bits per heavy atom. The number of hydrogen-bond donors (Lipinski definition) is 3. The van der Waals surface area contributed by atoms with Crippen LogP contribution < -0.4 is 15.5 Å². The van der Waals surface area contributed by atoms with Crippen molar-refractivity contribution in [2.75, 3.05) is 32.9 Å². The first-order valence-corrected chi connectivity index (χ1v) is 17.9. The van der Waals surface area contributed by atoms with Crippen molar-refractivity contribution < 1.29 is 45.3 Å². The zero-order valence-corrected chi connectivity index (χ0v) is 26.3. The first-order valence-electron chi connectivity index (χ1n) is 14.9. The number of sulfonamides is 1. The predicted octanol–water partition coefficient (Wildman–Crippen LogP) is 2.08. The molecule has 6 rings (SSSR count). The fourth-order valence-electron chi connectivity index (χ4n) is 5.88. The number of halogens is 1. The molecule has 3 aromatic rings. The third kappa shape index (κ3) is 6.62. The van der Waals surface area contributed by atoms with E-state index in [1.165, 1.54) is 34.6 Å². The second kappa shape index (κ2) is 12.6. The van der Waals surface area contributed by atoms with Crippen molar-refractivity contribution in [1.82, 2.24) is 14.6 Å². The molecule has 16 heteroatoms. The molecular formula is C30H34FN3O10S2. The Balaban J connectivity index is 0.957. The third-order valence-electron chi connectivity index (χ3n) is 8.56. The van der Waals surface area contributed by atoms with Crippen LogP contribution >= 0.6 is 0 Å². The number of ether oxygens (including phenoxy) is 3. The number of rotatable bonds is 10. The van der Waals surface area contributed by atoms with Crippen LogP contribution in [0.25, 0.3) is 10.9 Å². The van der Waals surface area contributed by atoms with Crippen molar-refractivity contribution in [3.05, 3.63) is 64.7 Å². The number of piperidine rings is 1. The highest BCUT2D eigenvalue weighted by Crippen LogP contribution is 2.37. The number of aliphatic hydroxyl groups is 1. The zero-order chi connectivity index (χ0) is 32.7. The molecule has 1 spiro atoms. The number of nitrogens with one attached hydrogen (secondary N) is 2. The highest BCUT2D eigenvalue weighted by atomic mass is 32.2. The molecule has 3 heterocycles. The summed E-state index contributed by atoms with van der Waals surface area (Å²) in [6.45, 7) is -0.234. The molecule has 2 saturated heterocycles. The normalized spacial score (nSPS) is 20.9. The Morgan fingerprint density at radius 2 is 1.87 bits per heavy atom. The minimum absolute atomic E-state index is 0.0546. The van der Waals surface area contributed by atoms with Crippen LogP contribution in [0.5, 0.6) is 5.75 Å². The monoisotopic (exact) mass is 679 g/mol. The van der Waals surface area contributed by atoms with Gasteiger partial charge < -0.3 is 29.6 Å². The summed E-state index contributed by atoms with van der Waals surface area (Å²) >= 11 is 0. The fraction of sp³-hybridized carbons (Fsp3) is 0.467. The van der Waals surface area contributed by atoms with Gasteiger partial charge in [-0.2, -0.15) is 4.31 Å². The lowest BCUT2D eigenvalue weighted by Crippen LogP contribution is -2.47. The van der Waals surface area contributed by atoms with Crippen LogP contribution in [-0.4, -0.2) is 93.2 Å². The number of carbonyl (C=O) groups is 1. The highest BCUT2D eigenvalue weighted by molar-refractivity contribution is 7.92. The van der Waals surface area contributed by atoms with E-state index in [4.69, 9.17) is 14.2 Å². The lowest BCUT2D eigenvalue weighted by molar-refractivity contribution is -0.0312. The van der Waals surface area contributed by atoms with Crippen LogP contribution in [0.1, 0.15) is 32.1 Å². The molecule has 3 aliphatic rings. The summed E-state index contributed by atoms with van der Waals surface area (Å²) in [4.78, 5) is 27.6. The second-order valence-electron chi connectivity index (χ2n) is 11.9. The number of nitrogens with zero attached hydrogens (tertiary/aromatic N) is 1. The summed E-state index contributed by atoms with van der Waals surface area (Å²) < 4.78 is 83.4. The number of hydrogen-bond acceptors (Lipinski definition) is 10. The van der Waals surface area contributed by atoms with E-state index in [1.807, 2.05) is 0 Å². The smallest absolute Gasteiger partial charge is 0.407 e. The molecule has 3 N–H and O–H groups in total. The quantitative estimate of drug-likeness (QED) is 0.287. The van der Waals surface area contributed by atoms with Crippen molar-refractivity contribution in [2.24, 2.45) is 0 Å². The molecule has 3 fully saturated rings. The molecule has 1 amide bonds. The summed E-state index contributed by atoms with van der Waals surface area (Å²) in [5.41, 5.74) is -1.51. The minimum atomic E-state index is -4.16. The molecule has 0 radical (unpaired) electrons. The molecule has 2 aliphatic heterocycles. The SMILES string of the molecule is O=C(N[C@H]1COC2(CCN(S(=O)(=O)c3c[nH]c4c(F)cccc4c3=O)CC2)C1)OCC(O)COc1cccc(S(=O)(=O)C2CC2)c1. The zero-order valence-electron chi connectivity index (χ0n) is 24.7. The average Bonchev–Trinajstić information content (AvgIpc) is 3.83. The lowest BCUT2D eigenvalue weighted by Gasteiger charge is -2.37. The Bertz CT molecular complexity index is 1910. The Hall–Kier alpha value is -3.57. The van der Waals surface area contributed by atoms with Gasteiger partial charge >= 0.3 is 6.09 Å². The molecule has 46 heavy (non-hydrogen) atoms. The molecule has 1 aliphatic carbocycles. The molecule has 13 nitrogen and oxygen atoms in total. The van der Waals surface area contributed by atoms with Crippen molar-refractivity contribution in [3.63, 3.8) is 0 Å². The molecule has 2 aromatic carbocycles. The molecule has 0 bridgehead atoms. The molecule has 1 saturated carbocycles. The molecule has 1 unspecified atom stereocenters. The number of pyridine rings is 1. The first-order chi connectivity index (χ1) is 21.9. The van der Waals surface area contributed by atoms with E-state index in [-0.39, 0.29) is 59.7 Å². The van der Waals surface area contributed by atoms with Crippen LogP contribution in [0.2, 0.25) is 0 Å². The maximum atomic E-state index is 14.0. The topological polar surface area (TPSA) is 181 Å². The number of sulfone groups is 1. The number of alkyl carbamates (subject to hydrolysis) is 1. The van der Waals surface area contributed by atoms with Crippen LogP contribution in [-0.2, 0) is 29.3 Å². The molecule has 248 valence electrons. The van der Waals surface area contributed by atoms with Crippen LogP contribution in [0.4, 0.5) is 9.18 Å². The highest BCUT2D eigenvalue weighted by Gasteiger charge is 2.45. The van der Waals surface area contributed by atoms with Crippen molar-refractivity contribution >= 4 is 36.9 Å². The molecule has 2 atom stereocenters. The van der Waals surface area contributed by atoms with Gasteiger partial charge in [-0.1, -0.05) is 12.1 Å². The van der Waals surface area contributed by atoms with Crippen molar-refractivity contribution in [1.29, 1.82) is 0 Å². The number of para-hydroxylation sites is 1. The Labute approximate surface area is 264 Å². The number of H-pyrrole nitrogens is 1. The Morgan fingerprint density at radius 3 is 2.61 bits per heavy atom. The van der Waals surface area contributed by atoms with E-state index in [0.29, 0.717) is 32.1 Å². The number of aliphatic hydroxyl groups excluding tert-OH is 1. The number of aromatic nitrogens is 1. The van der Waals surface area contributed by atoms with Gasteiger partial charge in [-0.3, -0.25) is 4.79 Å². The van der Waals surface area contributed by atoms with E-state index in [9.17, 15) is 35.9 Å². The maximum absolute atomic E-state index is 14.0. The number of benzene rings is 2. The van der Waals surface area contributed by atoms with Gasteiger partial charge in [0.1, 0.15) is 35.8 Å². The van der Waals surface area contributed by atoms with E-state index in [1.54, 1.807) is 12.1 Å². The van der Waals surface area contributed by atoms with Crippen LogP contribution in [0, 0.1) is 5.82 Å². The van der Waals surface area contributed by atoms with Gasteiger partial charge in [-0.05, 0) is 62.4 Å². The fourth-order valence-corrected chi connectivity index (χ4v) is 9.06. The summed E-state index contributed by atoms with van der Waals surface area (Å²) in [5.74, 6) is -0.382. The summed E-state index contributed by atoms with van der Waals surface area (Å²) in [5, 5.41) is 12.5. The average molecular weight is 680 g/mol. The van der Waals surface area contributed by atoms with Crippen LogP contribution in [0.15, 0.2) is 63.2 Å². The van der Waals surface area contributed by atoms with E-state index in [2.05, 4.69) is 10.3 Å². The number of aromatic amines is 1.